The van der Waals surface area contributed by atoms with Gasteiger partial charge in [0, 0.05) is 22.3 Å². The smallest absolute Gasteiger partial charge is 0.261 e. The molecule has 0 saturated carbocycles. The van der Waals surface area contributed by atoms with E-state index >= 15 is 0 Å². The summed E-state index contributed by atoms with van der Waals surface area (Å²) in [5.74, 6) is -0.113. The third-order valence-electron chi connectivity index (χ3n) is 4.62. The Morgan fingerprint density at radius 3 is 2.00 bits per heavy atom. The number of anilines is 2. The van der Waals surface area contributed by atoms with Crippen molar-refractivity contribution in [1.29, 1.82) is 0 Å². The summed E-state index contributed by atoms with van der Waals surface area (Å²) >= 11 is 3.32. The number of rotatable bonds is 8. The monoisotopic (exact) mass is 486 g/mol. The summed E-state index contributed by atoms with van der Waals surface area (Å²) in [5, 5.41) is 2.81. The summed E-state index contributed by atoms with van der Waals surface area (Å²) in [4.78, 5) is 12.3. The minimum atomic E-state index is -3.70. The molecule has 0 aliphatic carbocycles. The highest BCUT2D eigenvalue weighted by Crippen LogP contribution is 2.20. The van der Waals surface area contributed by atoms with Crippen LogP contribution in [0.4, 0.5) is 11.4 Å². The highest BCUT2D eigenvalue weighted by atomic mass is 79.9. The Hall–Kier alpha value is -2.64. The summed E-state index contributed by atoms with van der Waals surface area (Å²) < 4.78 is 28.4. The molecule has 0 aliphatic rings. The fraction of sp³-hybridized carbons (Fsp3) is 0.174. The third-order valence-corrected chi connectivity index (χ3v) is 6.54. The van der Waals surface area contributed by atoms with Crippen molar-refractivity contribution < 1.29 is 13.2 Å². The predicted octanol–water partition coefficient (Wildman–Crippen LogP) is 5.38. The molecule has 156 valence electrons. The van der Waals surface area contributed by atoms with Gasteiger partial charge >= 0.3 is 0 Å². The van der Waals surface area contributed by atoms with Crippen molar-refractivity contribution in [2.45, 2.75) is 31.1 Å². The van der Waals surface area contributed by atoms with Crippen molar-refractivity contribution in [2.75, 3.05) is 10.0 Å². The van der Waals surface area contributed by atoms with Gasteiger partial charge in [0.05, 0.1) is 4.90 Å². The van der Waals surface area contributed by atoms with Gasteiger partial charge in [0.1, 0.15) is 0 Å². The number of carbonyl (C=O) groups is 1. The molecule has 0 unspecified atom stereocenters. The van der Waals surface area contributed by atoms with Crippen LogP contribution in [0, 0.1) is 0 Å². The lowest BCUT2D eigenvalue weighted by atomic mass is 10.1. The minimum Gasteiger partial charge on any atom is -0.326 e. The molecular weight excluding hydrogens is 464 g/mol. The number of carbonyl (C=O) groups excluding carboxylic acids is 1. The van der Waals surface area contributed by atoms with Crippen molar-refractivity contribution >= 4 is 43.2 Å². The fourth-order valence-corrected chi connectivity index (χ4v) is 4.20. The Labute approximate surface area is 185 Å². The molecule has 0 bridgehead atoms. The van der Waals surface area contributed by atoms with Crippen LogP contribution in [0.2, 0.25) is 0 Å². The summed E-state index contributed by atoms with van der Waals surface area (Å²) in [7, 11) is -3.70. The topological polar surface area (TPSA) is 75.3 Å². The normalized spacial score (nSPS) is 11.1. The zero-order valence-corrected chi connectivity index (χ0v) is 19.0. The van der Waals surface area contributed by atoms with E-state index in [0.717, 1.165) is 16.5 Å². The van der Waals surface area contributed by atoms with E-state index in [4.69, 9.17) is 0 Å². The molecule has 5 nitrogen and oxygen atoms in total. The number of aryl methyl sites for hydroxylation is 2. The van der Waals surface area contributed by atoms with Crippen LogP contribution in [0.15, 0.2) is 82.2 Å². The molecule has 0 spiro atoms. The Kier molecular flexibility index (Phi) is 7.29. The first kappa shape index (κ1) is 22.1. The highest BCUT2D eigenvalue weighted by Gasteiger charge is 2.14. The van der Waals surface area contributed by atoms with E-state index in [2.05, 4.69) is 45.0 Å². The van der Waals surface area contributed by atoms with Gasteiger partial charge in [-0.15, -0.1) is 0 Å². The number of amides is 1. The van der Waals surface area contributed by atoms with E-state index in [1.54, 1.807) is 36.4 Å². The van der Waals surface area contributed by atoms with Gasteiger partial charge < -0.3 is 5.32 Å². The number of hydrogen-bond donors (Lipinski definition) is 2. The maximum atomic E-state index is 12.5. The SMILES string of the molecule is CCc1ccc(CCC(=O)Nc2ccc(S(=O)(=O)Nc3ccc(Br)cc3)cc2)cc1. The molecule has 3 aromatic rings. The van der Waals surface area contributed by atoms with Crippen LogP contribution in [0.1, 0.15) is 24.5 Å². The van der Waals surface area contributed by atoms with Crippen molar-refractivity contribution in [3.8, 4) is 0 Å². The maximum absolute atomic E-state index is 12.5. The van der Waals surface area contributed by atoms with Gasteiger partial charge in [-0.3, -0.25) is 9.52 Å². The van der Waals surface area contributed by atoms with Crippen LogP contribution in [0.25, 0.3) is 0 Å². The average Bonchev–Trinajstić information content (AvgIpc) is 2.74. The second kappa shape index (κ2) is 9.91. The molecular formula is C23H23BrN2O3S. The van der Waals surface area contributed by atoms with E-state index in [1.807, 2.05) is 12.1 Å². The third kappa shape index (κ3) is 6.18. The summed E-state index contributed by atoms with van der Waals surface area (Å²) in [6.07, 6.45) is 2.00. The summed E-state index contributed by atoms with van der Waals surface area (Å²) in [6.45, 7) is 2.11. The van der Waals surface area contributed by atoms with E-state index in [9.17, 15) is 13.2 Å². The molecule has 2 N–H and O–H groups in total. The Morgan fingerprint density at radius 1 is 0.833 bits per heavy atom. The largest absolute Gasteiger partial charge is 0.326 e. The van der Waals surface area contributed by atoms with Crippen LogP contribution in [0.5, 0.6) is 0 Å². The summed E-state index contributed by atoms with van der Waals surface area (Å²) in [6, 6.07) is 21.2. The Bertz CT molecular complexity index is 1090. The molecule has 0 radical (unpaired) electrons. The van der Waals surface area contributed by atoms with E-state index < -0.39 is 10.0 Å². The van der Waals surface area contributed by atoms with Gasteiger partial charge in [0.2, 0.25) is 5.91 Å². The lowest BCUT2D eigenvalue weighted by molar-refractivity contribution is -0.116. The first-order valence-corrected chi connectivity index (χ1v) is 11.9. The van der Waals surface area contributed by atoms with Gasteiger partial charge in [0.25, 0.3) is 10.0 Å². The average molecular weight is 487 g/mol. The first-order valence-electron chi connectivity index (χ1n) is 9.62. The molecule has 1 amide bonds. The van der Waals surface area contributed by atoms with Crippen LogP contribution in [0.3, 0.4) is 0 Å². The molecule has 7 heteroatoms. The number of nitrogens with one attached hydrogen (secondary N) is 2. The standard InChI is InChI=1S/C23H23BrN2O3S/c1-2-17-3-5-18(6-4-17)7-16-23(27)25-20-12-14-22(15-13-20)30(28,29)26-21-10-8-19(24)9-11-21/h3-6,8-15,26H,2,7,16H2,1H3,(H,25,27). The quantitative estimate of drug-likeness (QED) is 0.448. The molecule has 0 saturated heterocycles. The van der Waals surface area contributed by atoms with Crippen LogP contribution < -0.4 is 10.0 Å². The minimum absolute atomic E-state index is 0.113. The molecule has 30 heavy (non-hydrogen) atoms. The van der Waals surface area contributed by atoms with Gasteiger partial charge in [-0.2, -0.15) is 0 Å². The molecule has 0 atom stereocenters. The molecule has 0 fully saturated rings. The predicted molar refractivity (Wildman–Crippen MR) is 124 cm³/mol. The van der Waals surface area contributed by atoms with Gasteiger partial charge in [0.15, 0.2) is 0 Å². The molecule has 3 aromatic carbocycles. The molecule has 0 aromatic heterocycles. The first-order chi connectivity index (χ1) is 14.4. The van der Waals surface area contributed by atoms with E-state index in [-0.39, 0.29) is 10.8 Å². The number of hydrogen-bond acceptors (Lipinski definition) is 3. The lowest BCUT2D eigenvalue weighted by Crippen LogP contribution is -2.14. The van der Waals surface area contributed by atoms with E-state index in [1.165, 1.54) is 17.7 Å². The Morgan fingerprint density at radius 2 is 1.40 bits per heavy atom. The second-order valence-electron chi connectivity index (χ2n) is 6.85. The number of halogens is 1. The van der Waals surface area contributed by atoms with Crippen molar-refractivity contribution in [3.05, 3.63) is 88.4 Å². The molecule has 0 heterocycles. The van der Waals surface area contributed by atoms with E-state index in [0.29, 0.717) is 24.2 Å². The van der Waals surface area contributed by atoms with Crippen molar-refractivity contribution in [1.82, 2.24) is 0 Å². The van der Waals surface area contributed by atoms with Gasteiger partial charge in [-0.05, 0) is 72.5 Å². The number of benzene rings is 3. The number of sulfonamides is 1. The zero-order chi connectivity index (χ0) is 21.6. The fourth-order valence-electron chi connectivity index (χ4n) is 2.87. The Balaban J connectivity index is 1.56. The van der Waals surface area contributed by atoms with Crippen LogP contribution in [-0.4, -0.2) is 14.3 Å². The van der Waals surface area contributed by atoms with Crippen molar-refractivity contribution in [3.63, 3.8) is 0 Å². The maximum Gasteiger partial charge on any atom is 0.261 e. The van der Waals surface area contributed by atoms with Gasteiger partial charge in [-0.25, -0.2) is 8.42 Å². The van der Waals surface area contributed by atoms with Crippen LogP contribution in [-0.2, 0) is 27.7 Å². The summed E-state index contributed by atoms with van der Waals surface area (Å²) in [5.41, 5.74) is 3.42. The lowest BCUT2D eigenvalue weighted by Gasteiger charge is -2.10. The van der Waals surface area contributed by atoms with Gasteiger partial charge in [-0.1, -0.05) is 47.1 Å². The second-order valence-corrected chi connectivity index (χ2v) is 9.45. The zero-order valence-electron chi connectivity index (χ0n) is 16.6. The van der Waals surface area contributed by atoms with Crippen LogP contribution >= 0.6 is 15.9 Å². The molecule has 0 aliphatic heterocycles. The highest BCUT2D eigenvalue weighted by molar-refractivity contribution is 9.10. The molecule has 3 rings (SSSR count). The van der Waals surface area contributed by atoms with Crippen molar-refractivity contribution in [2.24, 2.45) is 0 Å².